The van der Waals surface area contributed by atoms with Crippen molar-refractivity contribution in [2.75, 3.05) is 6.54 Å². The van der Waals surface area contributed by atoms with Crippen molar-refractivity contribution in [2.24, 2.45) is 11.7 Å². The van der Waals surface area contributed by atoms with Crippen molar-refractivity contribution >= 4 is 18.3 Å². The van der Waals surface area contributed by atoms with E-state index in [1.165, 1.54) is 0 Å². The molecule has 0 aromatic heterocycles. The first-order valence-corrected chi connectivity index (χ1v) is 7.29. The molecule has 8 heteroatoms. The van der Waals surface area contributed by atoms with Gasteiger partial charge in [-0.2, -0.15) is 0 Å². The molecule has 130 valence electrons. The molecule has 0 radical (unpaired) electrons. The molecule has 1 aliphatic rings. The SMILES string of the molecule is Cl.NCC(NC(=O)c1c(F)c(F)cc(F)c1F)C1CCCCC1. The van der Waals surface area contributed by atoms with Gasteiger partial charge in [0.2, 0.25) is 0 Å². The topological polar surface area (TPSA) is 55.1 Å². The Bertz CT molecular complexity index is 539. The van der Waals surface area contributed by atoms with Gasteiger partial charge in [-0.05, 0) is 18.8 Å². The molecular weight excluding hydrogens is 336 g/mol. The summed E-state index contributed by atoms with van der Waals surface area (Å²) in [7, 11) is 0. The van der Waals surface area contributed by atoms with E-state index >= 15 is 0 Å². The summed E-state index contributed by atoms with van der Waals surface area (Å²) in [5.74, 6) is -7.69. The second-order valence-corrected chi connectivity index (χ2v) is 5.56. The van der Waals surface area contributed by atoms with Gasteiger partial charge >= 0.3 is 0 Å². The number of amides is 1. The number of nitrogens with one attached hydrogen (secondary N) is 1. The predicted octanol–water partition coefficient (Wildman–Crippen LogP) is 3.30. The summed E-state index contributed by atoms with van der Waals surface area (Å²) in [6.45, 7) is 0.0947. The fourth-order valence-electron chi connectivity index (χ4n) is 2.92. The number of hydrogen-bond donors (Lipinski definition) is 2. The van der Waals surface area contributed by atoms with Gasteiger partial charge in [-0.15, -0.1) is 12.4 Å². The van der Waals surface area contributed by atoms with Crippen LogP contribution in [0.15, 0.2) is 6.07 Å². The van der Waals surface area contributed by atoms with Gasteiger partial charge in [-0.3, -0.25) is 4.79 Å². The highest BCUT2D eigenvalue weighted by Crippen LogP contribution is 2.27. The normalized spacial score (nSPS) is 16.6. The van der Waals surface area contributed by atoms with Crippen LogP contribution in [0.4, 0.5) is 17.6 Å². The number of nitrogens with two attached hydrogens (primary N) is 1. The lowest BCUT2D eigenvalue weighted by atomic mass is 9.84. The first-order valence-electron chi connectivity index (χ1n) is 7.29. The van der Waals surface area contributed by atoms with Crippen LogP contribution in [0.2, 0.25) is 0 Å². The van der Waals surface area contributed by atoms with Crippen molar-refractivity contribution in [3.63, 3.8) is 0 Å². The first-order chi connectivity index (χ1) is 10.5. The molecule has 1 aromatic carbocycles. The van der Waals surface area contributed by atoms with Gasteiger partial charge in [0.1, 0.15) is 5.56 Å². The van der Waals surface area contributed by atoms with Crippen molar-refractivity contribution in [3.05, 3.63) is 34.9 Å². The molecule has 0 saturated heterocycles. The lowest BCUT2D eigenvalue weighted by Gasteiger charge is -2.30. The third-order valence-electron chi connectivity index (χ3n) is 4.13. The molecule has 0 aliphatic heterocycles. The molecule has 1 atom stereocenters. The Labute approximate surface area is 138 Å². The molecule has 0 heterocycles. The van der Waals surface area contributed by atoms with E-state index in [0.717, 1.165) is 32.1 Å². The molecule has 3 N–H and O–H groups in total. The van der Waals surface area contributed by atoms with Gasteiger partial charge in [-0.25, -0.2) is 17.6 Å². The van der Waals surface area contributed by atoms with Crippen molar-refractivity contribution in [1.82, 2.24) is 5.32 Å². The lowest BCUT2D eigenvalue weighted by molar-refractivity contribution is 0.0904. The minimum Gasteiger partial charge on any atom is -0.348 e. The summed E-state index contributed by atoms with van der Waals surface area (Å²) in [6.07, 6.45) is 4.79. The average Bonchev–Trinajstić information content (AvgIpc) is 2.52. The van der Waals surface area contributed by atoms with Crippen LogP contribution in [0.25, 0.3) is 0 Å². The van der Waals surface area contributed by atoms with E-state index in [2.05, 4.69) is 5.32 Å². The summed E-state index contributed by atoms with van der Waals surface area (Å²) in [4.78, 5) is 12.0. The fourth-order valence-corrected chi connectivity index (χ4v) is 2.92. The van der Waals surface area contributed by atoms with Crippen LogP contribution in [0.5, 0.6) is 0 Å². The monoisotopic (exact) mass is 354 g/mol. The van der Waals surface area contributed by atoms with E-state index in [4.69, 9.17) is 5.73 Å². The highest BCUT2D eigenvalue weighted by molar-refractivity contribution is 5.95. The molecule has 1 aliphatic carbocycles. The molecule has 1 fully saturated rings. The van der Waals surface area contributed by atoms with Crippen LogP contribution in [0.1, 0.15) is 42.5 Å². The van der Waals surface area contributed by atoms with Crippen LogP contribution >= 0.6 is 12.4 Å². The van der Waals surface area contributed by atoms with Gasteiger partial charge in [0.25, 0.3) is 5.91 Å². The molecular formula is C15H19ClF4N2O. The van der Waals surface area contributed by atoms with Gasteiger partial charge in [0.15, 0.2) is 23.3 Å². The van der Waals surface area contributed by atoms with Crippen molar-refractivity contribution < 1.29 is 22.4 Å². The maximum Gasteiger partial charge on any atom is 0.257 e. The Kier molecular flexibility index (Phi) is 7.28. The van der Waals surface area contributed by atoms with E-state index < -0.39 is 40.8 Å². The third kappa shape index (κ3) is 4.35. The zero-order valence-corrected chi connectivity index (χ0v) is 13.2. The molecule has 1 aromatic rings. The van der Waals surface area contributed by atoms with Crippen LogP contribution < -0.4 is 11.1 Å². The third-order valence-corrected chi connectivity index (χ3v) is 4.13. The summed E-state index contributed by atoms with van der Waals surface area (Å²) in [6, 6.07) is -0.402. The highest BCUT2D eigenvalue weighted by atomic mass is 35.5. The second-order valence-electron chi connectivity index (χ2n) is 5.56. The number of benzene rings is 1. The summed E-state index contributed by atoms with van der Waals surface area (Å²) >= 11 is 0. The Balaban J connectivity index is 0.00000264. The Hall–Kier alpha value is -1.34. The summed E-state index contributed by atoms with van der Waals surface area (Å²) in [5, 5.41) is 2.41. The van der Waals surface area contributed by atoms with E-state index in [9.17, 15) is 22.4 Å². The Morgan fingerprint density at radius 1 is 1.13 bits per heavy atom. The highest BCUT2D eigenvalue weighted by Gasteiger charge is 2.29. The van der Waals surface area contributed by atoms with Gasteiger partial charge in [-0.1, -0.05) is 19.3 Å². The van der Waals surface area contributed by atoms with Crippen LogP contribution in [0, 0.1) is 29.2 Å². The number of carbonyl (C=O) groups is 1. The van der Waals surface area contributed by atoms with Gasteiger partial charge in [0.05, 0.1) is 0 Å². The summed E-state index contributed by atoms with van der Waals surface area (Å²) in [5.41, 5.74) is 4.37. The maximum atomic E-state index is 13.6. The molecule has 0 spiro atoms. The molecule has 1 amide bonds. The molecule has 2 rings (SSSR count). The number of halogens is 5. The van der Waals surface area contributed by atoms with E-state index in [0.29, 0.717) is 0 Å². The molecule has 0 bridgehead atoms. The van der Waals surface area contributed by atoms with Crippen molar-refractivity contribution in [2.45, 2.75) is 38.1 Å². The predicted molar refractivity (Wildman–Crippen MR) is 80.4 cm³/mol. The average molecular weight is 355 g/mol. The lowest BCUT2D eigenvalue weighted by Crippen LogP contribution is -2.46. The Morgan fingerprint density at radius 2 is 1.65 bits per heavy atom. The largest absolute Gasteiger partial charge is 0.348 e. The van der Waals surface area contributed by atoms with Crippen molar-refractivity contribution in [1.29, 1.82) is 0 Å². The minimum atomic E-state index is -1.70. The second kappa shape index (κ2) is 8.49. The number of carbonyl (C=O) groups excluding carboxylic acids is 1. The quantitative estimate of drug-likeness (QED) is 0.644. The smallest absolute Gasteiger partial charge is 0.257 e. The van der Waals surface area contributed by atoms with Crippen LogP contribution in [-0.4, -0.2) is 18.5 Å². The molecule has 23 heavy (non-hydrogen) atoms. The summed E-state index contributed by atoms with van der Waals surface area (Å²) < 4.78 is 53.6. The minimum absolute atomic E-state index is 0. The zero-order valence-electron chi connectivity index (χ0n) is 12.4. The van der Waals surface area contributed by atoms with E-state index in [1.54, 1.807) is 0 Å². The number of rotatable bonds is 4. The first kappa shape index (κ1) is 19.7. The Morgan fingerprint density at radius 3 is 2.13 bits per heavy atom. The molecule has 1 saturated carbocycles. The van der Waals surface area contributed by atoms with E-state index in [1.807, 2.05) is 0 Å². The van der Waals surface area contributed by atoms with Gasteiger partial charge in [0, 0.05) is 18.7 Å². The fraction of sp³-hybridized carbons (Fsp3) is 0.533. The van der Waals surface area contributed by atoms with Crippen molar-refractivity contribution in [3.8, 4) is 0 Å². The molecule has 3 nitrogen and oxygen atoms in total. The van der Waals surface area contributed by atoms with Crippen LogP contribution in [0.3, 0.4) is 0 Å². The van der Waals surface area contributed by atoms with Crippen LogP contribution in [-0.2, 0) is 0 Å². The standard InChI is InChI=1S/C15H18F4N2O.ClH/c16-9-6-10(17)14(19)12(13(9)18)15(22)21-11(7-20)8-4-2-1-3-5-8;/h6,8,11H,1-5,7,20H2,(H,21,22);1H. The zero-order chi connectivity index (χ0) is 16.3. The van der Waals surface area contributed by atoms with Gasteiger partial charge < -0.3 is 11.1 Å². The maximum absolute atomic E-state index is 13.6. The van der Waals surface area contributed by atoms with E-state index in [-0.39, 0.29) is 30.9 Å². The molecule has 1 unspecified atom stereocenters. The number of hydrogen-bond acceptors (Lipinski definition) is 2.